The lowest BCUT2D eigenvalue weighted by Gasteiger charge is -2.20. The van der Waals surface area contributed by atoms with E-state index in [2.05, 4.69) is 5.10 Å². The molecule has 1 heterocycles. The van der Waals surface area contributed by atoms with Crippen LogP contribution >= 0.6 is 11.8 Å². The van der Waals surface area contributed by atoms with E-state index < -0.39 is 11.4 Å². The molecule has 0 saturated heterocycles. The Bertz CT molecular complexity index is 480. The second kappa shape index (κ2) is 6.23. The van der Waals surface area contributed by atoms with E-state index in [1.54, 1.807) is 25.5 Å². The number of ketones is 1. The number of hydrogen-bond donors (Lipinski definition) is 0. The quantitative estimate of drug-likeness (QED) is 0.454. The average molecular weight is 284 g/mol. The van der Waals surface area contributed by atoms with Gasteiger partial charge in [-0.15, -0.1) is 0 Å². The summed E-state index contributed by atoms with van der Waals surface area (Å²) in [7, 11) is 1.83. The van der Waals surface area contributed by atoms with Crippen molar-refractivity contribution in [1.29, 1.82) is 0 Å². The Morgan fingerprint density at radius 3 is 2.58 bits per heavy atom. The van der Waals surface area contributed by atoms with E-state index in [0.717, 1.165) is 10.7 Å². The van der Waals surface area contributed by atoms with Gasteiger partial charge in [0.05, 0.1) is 23.1 Å². The van der Waals surface area contributed by atoms with Crippen LogP contribution in [0.3, 0.4) is 0 Å². The fourth-order valence-corrected chi connectivity index (χ4v) is 2.59. The van der Waals surface area contributed by atoms with Crippen LogP contribution in [0.25, 0.3) is 0 Å². The van der Waals surface area contributed by atoms with E-state index in [9.17, 15) is 9.59 Å². The number of nitrogens with zero attached hydrogens (tertiary/aromatic N) is 2. The summed E-state index contributed by atoms with van der Waals surface area (Å²) in [4.78, 5) is 23.8. The average Bonchev–Trinajstić information content (AvgIpc) is 2.64. The van der Waals surface area contributed by atoms with Crippen molar-refractivity contribution in [3.63, 3.8) is 0 Å². The minimum atomic E-state index is -1.10. The Labute approximate surface area is 117 Å². The molecule has 0 aliphatic carbocycles. The van der Waals surface area contributed by atoms with E-state index in [0.29, 0.717) is 0 Å². The van der Waals surface area contributed by atoms with E-state index in [4.69, 9.17) is 4.74 Å². The molecular formula is C13H20N2O3S. The fourth-order valence-electron chi connectivity index (χ4n) is 1.47. The molecule has 0 saturated carbocycles. The normalized spacial score (nSPS) is 11.4. The lowest BCUT2D eigenvalue weighted by atomic mass is 9.89. The molecule has 0 unspecified atom stereocenters. The Balaban J connectivity index is 2.64. The topological polar surface area (TPSA) is 61.2 Å². The van der Waals surface area contributed by atoms with Gasteiger partial charge in [0.25, 0.3) is 0 Å². The number of aromatic nitrogens is 2. The van der Waals surface area contributed by atoms with Crippen molar-refractivity contribution in [2.24, 2.45) is 12.5 Å². The largest absolute Gasteiger partial charge is 0.465 e. The molecule has 0 atom stereocenters. The van der Waals surface area contributed by atoms with Crippen molar-refractivity contribution in [3.8, 4) is 0 Å². The number of thioether (sulfide) groups is 1. The summed E-state index contributed by atoms with van der Waals surface area (Å²) in [6.07, 6.45) is 0. The van der Waals surface area contributed by atoms with Gasteiger partial charge in [-0.25, -0.2) is 0 Å². The summed E-state index contributed by atoms with van der Waals surface area (Å²) in [5, 5.41) is 5.12. The zero-order valence-electron chi connectivity index (χ0n) is 12.0. The van der Waals surface area contributed by atoms with Crippen LogP contribution in [-0.2, 0) is 21.4 Å². The lowest BCUT2D eigenvalue weighted by molar-refractivity contribution is -0.157. The standard InChI is InChI=1S/C13H20N2O3S/c1-6-18-12(17)13(3,4)10(16)8-19-11-7-9(2)14-15(11)5/h7H,6,8H2,1-5H3. The zero-order valence-corrected chi connectivity index (χ0v) is 12.8. The summed E-state index contributed by atoms with van der Waals surface area (Å²) < 4.78 is 6.65. The minimum Gasteiger partial charge on any atom is -0.465 e. The molecule has 0 aromatic carbocycles. The van der Waals surface area contributed by atoms with Crippen molar-refractivity contribution < 1.29 is 14.3 Å². The lowest BCUT2D eigenvalue weighted by Crippen LogP contribution is -2.36. The minimum absolute atomic E-state index is 0.144. The maximum Gasteiger partial charge on any atom is 0.319 e. The SMILES string of the molecule is CCOC(=O)C(C)(C)C(=O)CSc1cc(C)nn1C. The first kappa shape index (κ1) is 15.8. The second-order valence-electron chi connectivity index (χ2n) is 4.80. The highest BCUT2D eigenvalue weighted by atomic mass is 32.2. The molecule has 0 aliphatic rings. The molecule has 1 aromatic heterocycles. The molecule has 0 N–H and O–H groups in total. The van der Waals surface area contributed by atoms with Gasteiger partial charge in [-0.1, -0.05) is 11.8 Å². The molecule has 6 heteroatoms. The van der Waals surface area contributed by atoms with Gasteiger partial charge in [0.2, 0.25) is 0 Å². The van der Waals surface area contributed by atoms with Gasteiger partial charge < -0.3 is 4.74 Å². The number of rotatable bonds is 6. The van der Waals surface area contributed by atoms with Crippen LogP contribution in [-0.4, -0.2) is 33.9 Å². The third-order valence-corrected chi connectivity index (χ3v) is 3.88. The molecular weight excluding hydrogens is 264 g/mol. The number of aryl methyl sites for hydroxylation is 2. The monoisotopic (exact) mass is 284 g/mol. The van der Waals surface area contributed by atoms with Gasteiger partial charge in [-0.3, -0.25) is 14.3 Å². The summed E-state index contributed by atoms with van der Waals surface area (Å²) in [6.45, 7) is 7.11. The van der Waals surface area contributed by atoms with Gasteiger partial charge in [0.1, 0.15) is 5.41 Å². The van der Waals surface area contributed by atoms with Gasteiger partial charge >= 0.3 is 5.97 Å². The maximum absolute atomic E-state index is 12.1. The number of ether oxygens (including phenoxy) is 1. The molecule has 1 aromatic rings. The van der Waals surface area contributed by atoms with Crippen LogP contribution in [0.1, 0.15) is 26.5 Å². The van der Waals surface area contributed by atoms with Gasteiger partial charge in [0, 0.05) is 7.05 Å². The highest BCUT2D eigenvalue weighted by Gasteiger charge is 2.37. The molecule has 19 heavy (non-hydrogen) atoms. The molecule has 0 bridgehead atoms. The number of Topliss-reactive ketones (excluding diaryl/α,β-unsaturated/α-hetero) is 1. The van der Waals surface area contributed by atoms with Gasteiger partial charge in [0.15, 0.2) is 5.78 Å². The predicted octanol–water partition coefficient (Wildman–Crippen LogP) is 1.98. The molecule has 0 fully saturated rings. The highest BCUT2D eigenvalue weighted by molar-refractivity contribution is 7.99. The van der Waals surface area contributed by atoms with E-state index in [1.807, 2.05) is 20.0 Å². The van der Waals surface area contributed by atoms with E-state index in [1.165, 1.54) is 11.8 Å². The van der Waals surface area contributed by atoms with Crippen molar-refractivity contribution in [1.82, 2.24) is 9.78 Å². The maximum atomic E-state index is 12.1. The number of hydrogen-bond acceptors (Lipinski definition) is 5. The third-order valence-electron chi connectivity index (χ3n) is 2.79. The van der Waals surface area contributed by atoms with Crippen molar-refractivity contribution in [3.05, 3.63) is 11.8 Å². The molecule has 0 aliphatic heterocycles. The van der Waals surface area contributed by atoms with Crippen LogP contribution in [0.5, 0.6) is 0 Å². The van der Waals surface area contributed by atoms with Crippen LogP contribution in [0, 0.1) is 12.3 Å². The van der Waals surface area contributed by atoms with Crippen molar-refractivity contribution in [2.45, 2.75) is 32.7 Å². The van der Waals surface area contributed by atoms with Crippen LogP contribution < -0.4 is 0 Å². The highest BCUT2D eigenvalue weighted by Crippen LogP contribution is 2.25. The molecule has 1 rings (SSSR count). The van der Waals surface area contributed by atoms with E-state index >= 15 is 0 Å². The van der Waals surface area contributed by atoms with Crippen LogP contribution in [0.15, 0.2) is 11.1 Å². The third kappa shape index (κ3) is 3.83. The van der Waals surface area contributed by atoms with Crippen molar-refractivity contribution >= 4 is 23.5 Å². The number of carbonyl (C=O) groups excluding carboxylic acids is 2. The summed E-state index contributed by atoms with van der Waals surface area (Å²) >= 11 is 1.38. The molecule has 0 spiro atoms. The molecule has 106 valence electrons. The van der Waals surface area contributed by atoms with Crippen molar-refractivity contribution in [2.75, 3.05) is 12.4 Å². The zero-order chi connectivity index (χ0) is 14.6. The molecule has 0 amide bonds. The van der Waals surface area contributed by atoms with Gasteiger partial charge in [-0.05, 0) is 33.8 Å². The molecule has 5 nitrogen and oxygen atoms in total. The Kier molecular flexibility index (Phi) is 5.17. The summed E-state index contributed by atoms with van der Waals surface area (Å²) in [5.74, 6) is -0.387. The van der Waals surface area contributed by atoms with E-state index in [-0.39, 0.29) is 18.1 Å². The first-order chi connectivity index (χ1) is 8.78. The summed E-state index contributed by atoms with van der Waals surface area (Å²) in [5.41, 5.74) is -0.196. The number of carbonyl (C=O) groups is 2. The Morgan fingerprint density at radius 2 is 2.11 bits per heavy atom. The Morgan fingerprint density at radius 1 is 1.47 bits per heavy atom. The van der Waals surface area contributed by atoms with Gasteiger partial charge in [-0.2, -0.15) is 5.10 Å². The van der Waals surface area contributed by atoms with Crippen LogP contribution in [0.4, 0.5) is 0 Å². The smallest absolute Gasteiger partial charge is 0.319 e. The Hall–Kier alpha value is -1.30. The first-order valence-electron chi connectivity index (χ1n) is 6.13. The number of esters is 1. The van der Waals surface area contributed by atoms with Crippen LogP contribution in [0.2, 0.25) is 0 Å². The fraction of sp³-hybridized carbons (Fsp3) is 0.615. The summed E-state index contributed by atoms with van der Waals surface area (Å²) in [6, 6.07) is 1.91. The predicted molar refractivity (Wildman–Crippen MR) is 74.1 cm³/mol. The first-order valence-corrected chi connectivity index (χ1v) is 7.11. The molecule has 0 radical (unpaired) electrons. The second-order valence-corrected chi connectivity index (χ2v) is 5.80.